The van der Waals surface area contributed by atoms with Gasteiger partial charge in [-0.15, -0.1) is 0 Å². The highest BCUT2D eigenvalue weighted by atomic mass is 32.2. The molecule has 1 amide bonds. The lowest BCUT2D eigenvalue weighted by Crippen LogP contribution is -2.46. The molecule has 1 atom stereocenters. The van der Waals surface area contributed by atoms with E-state index < -0.39 is 16.1 Å². The van der Waals surface area contributed by atoms with Crippen LogP contribution in [0.4, 0.5) is 0 Å². The summed E-state index contributed by atoms with van der Waals surface area (Å²) in [4.78, 5) is 14.3. The van der Waals surface area contributed by atoms with Crippen molar-refractivity contribution in [3.63, 3.8) is 0 Å². The molecular weight excluding hydrogens is 350 g/mol. The summed E-state index contributed by atoms with van der Waals surface area (Å²) in [6, 6.07) is 13.9. The molecule has 3 rings (SSSR count). The highest BCUT2D eigenvalue weighted by Gasteiger charge is 2.40. The van der Waals surface area contributed by atoms with Crippen LogP contribution >= 0.6 is 0 Å². The van der Waals surface area contributed by atoms with Crippen LogP contribution in [0.5, 0.6) is 0 Å². The Balaban J connectivity index is 1.89. The topological polar surface area (TPSA) is 81.5 Å². The fraction of sp³-hybridized carbons (Fsp3) is 0.368. The lowest BCUT2D eigenvalue weighted by atomic mass is 10.1. The van der Waals surface area contributed by atoms with Crippen molar-refractivity contribution in [1.82, 2.24) is 9.21 Å². The van der Waals surface area contributed by atoms with Crippen LogP contribution in [-0.2, 0) is 14.8 Å². The van der Waals surface area contributed by atoms with E-state index in [1.807, 2.05) is 30.3 Å². The minimum atomic E-state index is -3.76. The summed E-state index contributed by atoms with van der Waals surface area (Å²) in [6.45, 7) is 0.632. The third-order valence-electron chi connectivity index (χ3n) is 4.75. The molecule has 1 aliphatic heterocycles. The molecule has 0 bridgehead atoms. The predicted molar refractivity (Wildman–Crippen MR) is 98.7 cm³/mol. The van der Waals surface area contributed by atoms with Gasteiger partial charge < -0.3 is 4.90 Å². The van der Waals surface area contributed by atoms with E-state index in [0.29, 0.717) is 25.9 Å². The van der Waals surface area contributed by atoms with Crippen LogP contribution in [0.25, 0.3) is 10.8 Å². The van der Waals surface area contributed by atoms with Crippen LogP contribution in [0.3, 0.4) is 0 Å². The van der Waals surface area contributed by atoms with Gasteiger partial charge in [0.15, 0.2) is 0 Å². The average molecular weight is 371 g/mol. The van der Waals surface area contributed by atoms with Crippen molar-refractivity contribution in [3.05, 3.63) is 42.5 Å². The molecule has 1 heterocycles. The first-order valence-corrected chi connectivity index (χ1v) is 10.0. The summed E-state index contributed by atoms with van der Waals surface area (Å²) >= 11 is 0. The molecule has 0 spiro atoms. The van der Waals surface area contributed by atoms with Crippen molar-refractivity contribution in [1.29, 1.82) is 5.26 Å². The molecule has 0 radical (unpaired) electrons. The van der Waals surface area contributed by atoms with Crippen LogP contribution in [0.1, 0.15) is 19.3 Å². The Morgan fingerprint density at radius 1 is 1.27 bits per heavy atom. The van der Waals surface area contributed by atoms with Crippen molar-refractivity contribution in [2.45, 2.75) is 30.2 Å². The zero-order valence-electron chi connectivity index (χ0n) is 14.6. The molecular formula is C19H21N3O3S. The molecule has 0 unspecified atom stereocenters. The third kappa shape index (κ3) is 3.43. The Morgan fingerprint density at radius 2 is 2.00 bits per heavy atom. The maximum Gasteiger partial charge on any atom is 0.243 e. The number of nitriles is 1. The van der Waals surface area contributed by atoms with Crippen LogP contribution in [0.15, 0.2) is 47.4 Å². The number of hydrogen-bond donors (Lipinski definition) is 0. The van der Waals surface area contributed by atoms with Crippen molar-refractivity contribution in [3.8, 4) is 6.07 Å². The number of sulfonamides is 1. The Morgan fingerprint density at radius 3 is 2.73 bits per heavy atom. The number of fused-ring (bicyclic) bond motifs is 1. The van der Waals surface area contributed by atoms with E-state index >= 15 is 0 Å². The second kappa shape index (κ2) is 7.44. The van der Waals surface area contributed by atoms with Gasteiger partial charge in [-0.05, 0) is 35.7 Å². The maximum absolute atomic E-state index is 13.1. The number of rotatable bonds is 5. The SMILES string of the molecule is CN(CCC#N)C(=O)[C@@H]1CCCN1S(=O)(=O)c1ccc2ccccc2c1. The van der Waals surface area contributed by atoms with Gasteiger partial charge in [0.2, 0.25) is 15.9 Å². The summed E-state index contributed by atoms with van der Waals surface area (Å²) in [5.74, 6) is -0.248. The van der Waals surface area contributed by atoms with Crippen LogP contribution in [-0.4, -0.2) is 49.7 Å². The summed E-state index contributed by atoms with van der Waals surface area (Å²) in [7, 11) is -2.15. The van der Waals surface area contributed by atoms with E-state index in [4.69, 9.17) is 5.26 Å². The molecule has 0 saturated carbocycles. The standard InChI is InChI=1S/C19H21N3O3S/c1-21(12-5-11-20)19(23)18-8-4-13-22(18)26(24,25)17-10-9-15-6-2-3-7-16(15)14-17/h2-3,6-7,9-10,14,18H,4-5,8,12-13H2,1H3/t18-/m0/s1. The molecule has 0 aliphatic carbocycles. The number of likely N-dealkylation sites (N-methyl/N-ethyl adjacent to an activating group) is 1. The van der Waals surface area contributed by atoms with Gasteiger partial charge in [-0.1, -0.05) is 30.3 Å². The predicted octanol–water partition coefficient (Wildman–Crippen LogP) is 2.36. The molecule has 7 heteroatoms. The zero-order valence-corrected chi connectivity index (χ0v) is 15.4. The molecule has 0 N–H and O–H groups in total. The summed E-state index contributed by atoms with van der Waals surface area (Å²) < 4.78 is 27.6. The van der Waals surface area contributed by atoms with E-state index in [-0.39, 0.29) is 17.2 Å². The van der Waals surface area contributed by atoms with Gasteiger partial charge in [0.05, 0.1) is 17.4 Å². The second-order valence-corrected chi connectivity index (χ2v) is 8.34. The number of benzene rings is 2. The molecule has 2 aromatic carbocycles. The number of amides is 1. The molecule has 1 aliphatic rings. The van der Waals surface area contributed by atoms with E-state index in [0.717, 1.165) is 10.8 Å². The van der Waals surface area contributed by atoms with Gasteiger partial charge in [0.1, 0.15) is 6.04 Å². The first kappa shape index (κ1) is 18.4. The second-order valence-electron chi connectivity index (χ2n) is 6.45. The zero-order chi connectivity index (χ0) is 18.7. The fourth-order valence-electron chi connectivity index (χ4n) is 3.32. The van der Waals surface area contributed by atoms with Gasteiger partial charge in [0.25, 0.3) is 0 Å². The van der Waals surface area contributed by atoms with E-state index in [9.17, 15) is 13.2 Å². The van der Waals surface area contributed by atoms with Crippen LogP contribution in [0.2, 0.25) is 0 Å². The smallest absolute Gasteiger partial charge is 0.243 e. The van der Waals surface area contributed by atoms with E-state index in [1.165, 1.54) is 9.21 Å². The highest BCUT2D eigenvalue weighted by Crippen LogP contribution is 2.29. The average Bonchev–Trinajstić information content (AvgIpc) is 3.15. The summed E-state index contributed by atoms with van der Waals surface area (Å²) in [5, 5.41) is 10.5. The van der Waals surface area contributed by atoms with Gasteiger partial charge in [-0.3, -0.25) is 4.79 Å². The first-order valence-electron chi connectivity index (χ1n) is 8.58. The lowest BCUT2D eigenvalue weighted by Gasteiger charge is -2.27. The van der Waals surface area contributed by atoms with Gasteiger partial charge >= 0.3 is 0 Å². The number of nitrogens with zero attached hydrogens (tertiary/aromatic N) is 3. The molecule has 6 nitrogen and oxygen atoms in total. The summed E-state index contributed by atoms with van der Waals surface area (Å²) in [6.07, 6.45) is 1.38. The molecule has 2 aromatic rings. The first-order chi connectivity index (χ1) is 12.4. The van der Waals surface area contributed by atoms with Crippen LogP contribution in [0, 0.1) is 11.3 Å². The molecule has 1 fully saturated rings. The van der Waals surface area contributed by atoms with Crippen molar-refractivity contribution >= 4 is 26.7 Å². The summed E-state index contributed by atoms with van der Waals surface area (Å²) in [5.41, 5.74) is 0. The number of hydrogen-bond acceptors (Lipinski definition) is 4. The largest absolute Gasteiger partial charge is 0.343 e. The van der Waals surface area contributed by atoms with E-state index in [1.54, 1.807) is 25.2 Å². The Bertz CT molecular complexity index is 965. The Kier molecular flexibility index (Phi) is 5.25. The van der Waals surface area contributed by atoms with Crippen molar-refractivity contribution in [2.75, 3.05) is 20.1 Å². The Hall–Kier alpha value is -2.43. The van der Waals surface area contributed by atoms with Crippen molar-refractivity contribution in [2.24, 2.45) is 0 Å². The van der Waals surface area contributed by atoms with Gasteiger partial charge in [-0.25, -0.2) is 8.42 Å². The molecule has 136 valence electrons. The highest BCUT2D eigenvalue weighted by molar-refractivity contribution is 7.89. The number of carbonyl (C=O) groups excluding carboxylic acids is 1. The minimum Gasteiger partial charge on any atom is -0.343 e. The van der Waals surface area contributed by atoms with Gasteiger partial charge in [0, 0.05) is 20.1 Å². The van der Waals surface area contributed by atoms with Crippen LogP contribution < -0.4 is 0 Å². The quantitative estimate of drug-likeness (QED) is 0.808. The maximum atomic E-state index is 13.1. The van der Waals surface area contributed by atoms with Gasteiger partial charge in [-0.2, -0.15) is 9.57 Å². The Labute approximate surface area is 153 Å². The lowest BCUT2D eigenvalue weighted by molar-refractivity contribution is -0.133. The third-order valence-corrected chi connectivity index (χ3v) is 6.66. The van der Waals surface area contributed by atoms with E-state index in [2.05, 4.69) is 0 Å². The minimum absolute atomic E-state index is 0.204. The molecule has 1 saturated heterocycles. The van der Waals surface area contributed by atoms with Crippen molar-refractivity contribution < 1.29 is 13.2 Å². The number of carbonyl (C=O) groups is 1. The molecule has 0 aromatic heterocycles. The molecule has 26 heavy (non-hydrogen) atoms. The normalized spacial score (nSPS) is 17.9. The monoisotopic (exact) mass is 371 g/mol. The fourth-order valence-corrected chi connectivity index (χ4v) is 5.01.